The van der Waals surface area contributed by atoms with Crippen LogP contribution < -0.4 is 10.6 Å². The lowest BCUT2D eigenvalue weighted by Crippen LogP contribution is -2.46. The number of aliphatic imine (C=N–C) groups is 1. The van der Waals surface area contributed by atoms with Crippen molar-refractivity contribution in [2.45, 2.75) is 32.0 Å². The van der Waals surface area contributed by atoms with E-state index in [1.54, 1.807) is 18.4 Å². The smallest absolute Gasteiger partial charge is 0.356 e. The molecular weight excluding hydrogens is 337 g/mol. The topological polar surface area (TPSA) is 39.7 Å². The van der Waals surface area contributed by atoms with Crippen LogP contribution >= 0.6 is 11.3 Å². The van der Waals surface area contributed by atoms with Gasteiger partial charge in [-0.05, 0) is 30.2 Å². The normalized spacial score (nSPS) is 21.0. The number of nitrogens with zero attached hydrogens (tertiary/aromatic N) is 2. The first kappa shape index (κ1) is 19.1. The molecule has 1 aliphatic rings. The van der Waals surface area contributed by atoms with Gasteiger partial charge in [-0.3, -0.25) is 9.89 Å². The third kappa shape index (κ3) is 6.68. The predicted molar refractivity (Wildman–Crippen MR) is 92.6 cm³/mol. The maximum absolute atomic E-state index is 12.4. The summed E-state index contributed by atoms with van der Waals surface area (Å²) >= 11 is 1.75. The SMILES string of the molecule is CN=C(NCC(C)Cc1cccs1)NC1CCN(CC(F)(F)F)C1. The lowest BCUT2D eigenvalue weighted by Gasteiger charge is -2.20. The van der Waals surface area contributed by atoms with Crippen molar-refractivity contribution in [2.75, 3.05) is 33.2 Å². The number of hydrogen-bond donors (Lipinski definition) is 2. The van der Waals surface area contributed by atoms with Gasteiger partial charge in [0, 0.05) is 37.6 Å². The third-order valence-electron chi connectivity index (χ3n) is 3.99. The van der Waals surface area contributed by atoms with E-state index in [1.807, 2.05) is 6.07 Å². The highest BCUT2D eigenvalue weighted by Gasteiger charge is 2.34. The van der Waals surface area contributed by atoms with Crippen LogP contribution in [0.1, 0.15) is 18.2 Å². The Labute approximate surface area is 145 Å². The molecule has 2 N–H and O–H groups in total. The van der Waals surface area contributed by atoms with E-state index in [-0.39, 0.29) is 6.04 Å². The molecule has 24 heavy (non-hydrogen) atoms. The van der Waals surface area contributed by atoms with E-state index in [2.05, 4.69) is 34.0 Å². The fourth-order valence-corrected chi connectivity index (χ4v) is 3.72. The van der Waals surface area contributed by atoms with Crippen LogP contribution in [0.3, 0.4) is 0 Å². The van der Waals surface area contributed by atoms with Crippen molar-refractivity contribution in [3.05, 3.63) is 22.4 Å². The van der Waals surface area contributed by atoms with Crippen LogP contribution in [0.25, 0.3) is 0 Å². The van der Waals surface area contributed by atoms with Crippen LogP contribution in [0.15, 0.2) is 22.5 Å². The molecule has 0 spiro atoms. The maximum atomic E-state index is 12.4. The van der Waals surface area contributed by atoms with Crippen molar-refractivity contribution in [2.24, 2.45) is 10.9 Å². The molecule has 4 nitrogen and oxygen atoms in total. The minimum absolute atomic E-state index is 0.00570. The Morgan fingerprint density at radius 1 is 1.50 bits per heavy atom. The lowest BCUT2D eigenvalue weighted by molar-refractivity contribution is -0.143. The summed E-state index contributed by atoms with van der Waals surface area (Å²) in [5, 5.41) is 8.57. The second kappa shape index (κ2) is 8.71. The minimum atomic E-state index is -4.13. The first-order valence-corrected chi connectivity index (χ1v) is 9.02. The Morgan fingerprint density at radius 2 is 2.29 bits per heavy atom. The van der Waals surface area contributed by atoms with Gasteiger partial charge in [0.05, 0.1) is 6.54 Å². The van der Waals surface area contributed by atoms with Crippen molar-refractivity contribution in [3.8, 4) is 0 Å². The van der Waals surface area contributed by atoms with E-state index >= 15 is 0 Å². The number of alkyl halides is 3. The second-order valence-corrected chi connectivity index (χ2v) is 7.35. The van der Waals surface area contributed by atoms with E-state index in [4.69, 9.17) is 0 Å². The molecule has 136 valence electrons. The molecule has 2 unspecified atom stereocenters. The molecule has 1 fully saturated rings. The molecule has 0 amide bonds. The van der Waals surface area contributed by atoms with Gasteiger partial charge >= 0.3 is 6.18 Å². The molecule has 0 saturated carbocycles. The first-order valence-electron chi connectivity index (χ1n) is 8.14. The molecule has 2 rings (SSSR count). The summed E-state index contributed by atoms with van der Waals surface area (Å²) in [6.07, 6.45) is -2.43. The molecule has 1 aromatic rings. The quantitative estimate of drug-likeness (QED) is 0.604. The number of guanidine groups is 1. The van der Waals surface area contributed by atoms with Crippen molar-refractivity contribution < 1.29 is 13.2 Å². The van der Waals surface area contributed by atoms with Crippen LogP contribution in [-0.4, -0.2) is 56.3 Å². The number of likely N-dealkylation sites (tertiary alicyclic amines) is 1. The standard InChI is InChI=1S/C16H25F3N4S/c1-12(8-14-4-3-7-24-14)9-21-15(20-2)22-13-5-6-23(10-13)11-16(17,18)19/h3-4,7,12-13H,5-6,8-11H2,1-2H3,(H2,20,21,22). The number of thiophene rings is 1. The average Bonchev–Trinajstić information content (AvgIpc) is 3.13. The summed E-state index contributed by atoms with van der Waals surface area (Å²) in [5.74, 6) is 1.11. The zero-order valence-electron chi connectivity index (χ0n) is 14.1. The van der Waals surface area contributed by atoms with Gasteiger partial charge in [0.25, 0.3) is 0 Å². The Morgan fingerprint density at radius 3 is 2.92 bits per heavy atom. The molecule has 1 aromatic heterocycles. The molecule has 0 aromatic carbocycles. The van der Waals surface area contributed by atoms with Crippen molar-refractivity contribution >= 4 is 17.3 Å². The van der Waals surface area contributed by atoms with Gasteiger partial charge in [0.2, 0.25) is 0 Å². The number of halogens is 3. The van der Waals surface area contributed by atoms with Gasteiger partial charge in [0.1, 0.15) is 0 Å². The zero-order valence-corrected chi connectivity index (χ0v) is 14.9. The maximum Gasteiger partial charge on any atom is 0.401 e. The summed E-state index contributed by atoms with van der Waals surface area (Å²) in [7, 11) is 1.68. The monoisotopic (exact) mass is 362 g/mol. The van der Waals surface area contributed by atoms with Crippen LogP contribution in [0.5, 0.6) is 0 Å². The van der Waals surface area contributed by atoms with Crippen LogP contribution in [0, 0.1) is 5.92 Å². The largest absolute Gasteiger partial charge is 0.401 e. The second-order valence-electron chi connectivity index (χ2n) is 6.32. The van der Waals surface area contributed by atoms with Crippen LogP contribution in [0.4, 0.5) is 13.2 Å². The summed E-state index contributed by atoms with van der Waals surface area (Å²) in [6.45, 7) is 2.96. The van der Waals surface area contributed by atoms with Crippen molar-refractivity contribution in [3.63, 3.8) is 0 Å². The van der Waals surface area contributed by atoms with E-state index in [0.29, 0.717) is 31.4 Å². The third-order valence-corrected chi connectivity index (χ3v) is 4.89. The highest BCUT2D eigenvalue weighted by molar-refractivity contribution is 7.09. The molecule has 2 heterocycles. The highest BCUT2D eigenvalue weighted by Crippen LogP contribution is 2.20. The highest BCUT2D eigenvalue weighted by atomic mass is 32.1. The van der Waals surface area contributed by atoms with Gasteiger partial charge < -0.3 is 10.6 Å². The van der Waals surface area contributed by atoms with Gasteiger partial charge in [-0.2, -0.15) is 13.2 Å². The predicted octanol–water partition coefficient (Wildman–Crippen LogP) is 2.73. The molecule has 0 bridgehead atoms. The number of hydrogen-bond acceptors (Lipinski definition) is 3. The van der Waals surface area contributed by atoms with E-state index < -0.39 is 12.7 Å². The fraction of sp³-hybridized carbons (Fsp3) is 0.688. The molecule has 0 radical (unpaired) electrons. The fourth-order valence-electron chi connectivity index (χ4n) is 2.85. The molecule has 1 saturated heterocycles. The van der Waals surface area contributed by atoms with Gasteiger partial charge in [-0.15, -0.1) is 11.3 Å². The van der Waals surface area contributed by atoms with E-state index in [0.717, 1.165) is 13.0 Å². The van der Waals surface area contributed by atoms with Gasteiger partial charge in [-0.25, -0.2) is 0 Å². The van der Waals surface area contributed by atoms with Crippen LogP contribution in [0.2, 0.25) is 0 Å². The van der Waals surface area contributed by atoms with Gasteiger partial charge in [0.15, 0.2) is 5.96 Å². The Balaban J connectivity index is 1.71. The minimum Gasteiger partial charge on any atom is -0.356 e. The Bertz CT molecular complexity index is 516. The van der Waals surface area contributed by atoms with E-state index in [1.165, 1.54) is 9.78 Å². The number of nitrogens with one attached hydrogen (secondary N) is 2. The van der Waals surface area contributed by atoms with Crippen LogP contribution in [-0.2, 0) is 6.42 Å². The average molecular weight is 362 g/mol. The first-order chi connectivity index (χ1) is 11.4. The molecular formula is C16H25F3N4S. The Kier molecular flexibility index (Phi) is 6.91. The summed E-state index contributed by atoms with van der Waals surface area (Å²) < 4.78 is 37.3. The van der Waals surface area contributed by atoms with Gasteiger partial charge in [-0.1, -0.05) is 13.0 Å². The summed E-state index contributed by atoms with van der Waals surface area (Å²) in [4.78, 5) is 6.96. The molecule has 2 atom stereocenters. The zero-order chi connectivity index (χ0) is 17.6. The number of rotatable bonds is 6. The molecule has 0 aliphatic carbocycles. The summed E-state index contributed by atoms with van der Waals surface area (Å²) in [5.41, 5.74) is 0. The lowest BCUT2D eigenvalue weighted by atomic mass is 10.1. The summed E-state index contributed by atoms with van der Waals surface area (Å²) in [6, 6.07) is 4.18. The van der Waals surface area contributed by atoms with E-state index in [9.17, 15) is 13.2 Å². The van der Waals surface area contributed by atoms with Crippen molar-refractivity contribution in [1.29, 1.82) is 0 Å². The van der Waals surface area contributed by atoms with Crippen molar-refractivity contribution in [1.82, 2.24) is 15.5 Å². The molecule has 8 heteroatoms. The Hall–Kier alpha value is -1.28. The molecule has 1 aliphatic heterocycles.